The Morgan fingerprint density at radius 2 is 2.15 bits per heavy atom. The normalized spacial score (nSPS) is 11.0. The Bertz CT molecular complexity index is 1080. The fourth-order valence-corrected chi connectivity index (χ4v) is 2.75. The molecule has 0 unspecified atom stereocenters. The number of carbonyl (C=O) groups is 1. The number of aromatic nitrogens is 5. The number of hydrogen-bond donors (Lipinski definition) is 1. The molecule has 0 aliphatic carbocycles. The number of hydrogen-bond acceptors (Lipinski definition) is 6. The predicted octanol–water partition coefficient (Wildman–Crippen LogP) is 2.73. The minimum absolute atomic E-state index is 0.283. The third kappa shape index (κ3) is 3.04. The van der Waals surface area contributed by atoms with Crippen LogP contribution >= 0.6 is 0 Å². The maximum absolute atomic E-state index is 12.7. The van der Waals surface area contributed by atoms with E-state index in [1.807, 2.05) is 18.2 Å². The maximum atomic E-state index is 12.7. The maximum Gasteiger partial charge on any atom is 0.258 e. The van der Waals surface area contributed by atoms with Crippen LogP contribution in [0.4, 0.5) is 5.82 Å². The van der Waals surface area contributed by atoms with E-state index in [9.17, 15) is 4.79 Å². The quantitative estimate of drug-likeness (QED) is 0.609. The minimum atomic E-state index is -0.283. The van der Waals surface area contributed by atoms with E-state index in [1.54, 1.807) is 43.1 Å². The van der Waals surface area contributed by atoms with Crippen LogP contribution in [0.1, 0.15) is 27.4 Å². The Labute approximate surface area is 148 Å². The van der Waals surface area contributed by atoms with Crippen molar-refractivity contribution in [1.29, 1.82) is 0 Å². The van der Waals surface area contributed by atoms with Crippen molar-refractivity contribution in [3.63, 3.8) is 0 Å². The molecule has 4 heterocycles. The summed E-state index contributed by atoms with van der Waals surface area (Å²) in [4.78, 5) is 21.3. The zero-order valence-electron chi connectivity index (χ0n) is 14.3. The van der Waals surface area contributed by atoms with Crippen molar-refractivity contribution >= 4 is 22.8 Å². The Hall–Kier alpha value is -3.55. The largest absolute Gasteiger partial charge is 0.336 e. The fraction of sp³-hybridized carbons (Fsp3) is 0.167. The lowest BCUT2D eigenvalue weighted by Gasteiger charge is -2.05. The van der Waals surface area contributed by atoms with E-state index < -0.39 is 0 Å². The number of fused-ring (bicyclic) bond motifs is 1. The van der Waals surface area contributed by atoms with Gasteiger partial charge in [-0.1, -0.05) is 11.2 Å². The number of anilines is 1. The molecule has 0 radical (unpaired) electrons. The molecular weight excluding hydrogens is 332 g/mol. The van der Waals surface area contributed by atoms with Crippen LogP contribution in [0.25, 0.3) is 11.1 Å². The molecule has 0 saturated heterocycles. The van der Waals surface area contributed by atoms with Crippen molar-refractivity contribution in [3.05, 3.63) is 65.4 Å². The smallest absolute Gasteiger partial charge is 0.258 e. The van der Waals surface area contributed by atoms with Crippen molar-refractivity contribution < 1.29 is 9.32 Å². The second-order valence-corrected chi connectivity index (χ2v) is 5.93. The van der Waals surface area contributed by atoms with Gasteiger partial charge in [-0.25, -0.2) is 4.98 Å². The zero-order valence-corrected chi connectivity index (χ0v) is 14.3. The van der Waals surface area contributed by atoms with Crippen LogP contribution in [-0.4, -0.2) is 30.8 Å². The van der Waals surface area contributed by atoms with E-state index in [1.165, 1.54) is 0 Å². The second-order valence-electron chi connectivity index (χ2n) is 5.93. The highest BCUT2D eigenvalue weighted by Crippen LogP contribution is 2.22. The van der Waals surface area contributed by atoms with Crippen LogP contribution < -0.4 is 5.32 Å². The molecule has 0 aliphatic heterocycles. The molecular formula is C18H16N6O2. The number of carbonyl (C=O) groups excluding carboxylic acids is 1. The van der Waals surface area contributed by atoms with E-state index in [0.717, 1.165) is 5.69 Å². The van der Waals surface area contributed by atoms with Gasteiger partial charge in [0.05, 0.1) is 28.9 Å². The van der Waals surface area contributed by atoms with Crippen molar-refractivity contribution in [2.45, 2.75) is 20.4 Å². The van der Waals surface area contributed by atoms with Gasteiger partial charge in [-0.2, -0.15) is 5.10 Å². The first-order valence-corrected chi connectivity index (χ1v) is 8.08. The first-order valence-electron chi connectivity index (χ1n) is 8.08. The van der Waals surface area contributed by atoms with Crippen molar-refractivity contribution in [2.24, 2.45) is 0 Å². The Morgan fingerprint density at radius 1 is 1.27 bits per heavy atom. The Morgan fingerprint density at radius 3 is 2.96 bits per heavy atom. The molecule has 1 amide bonds. The summed E-state index contributed by atoms with van der Waals surface area (Å²) in [5, 5.41) is 11.7. The molecule has 1 N–H and O–H groups in total. The summed E-state index contributed by atoms with van der Waals surface area (Å²) in [6, 6.07) is 9.17. The number of aryl methyl sites for hydroxylation is 2. The monoisotopic (exact) mass is 348 g/mol. The highest BCUT2D eigenvalue weighted by molar-refractivity contribution is 6.12. The lowest BCUT2D eigenvalue weighted by Crippen LogP contribution is -2.14. The zero-order chi connectivity index (χ0) is 18.1. The third-order valence-electron chi connectivity index (χ3n) is 3.92. The van der Waals surface area contributed by atoms with E-state index >= 15 is 0 Å². The lowest BCUT2D eigenvalue weighted by molar-refractivity contribution is 0.102. The van der Waals surface area contributed by atoms with Gasteiger partial charge in [0.15, 0.2) is 5.82 Å². The SMILES string of the molecule is Cc1cc(C(=O)Nc2ccn(Cc3ccccn3)n2)c2c(C)noc2n1. The molecule has 130 valence electrons. The van der Waals surface area contributed by atoms with Gasteiger partial charge < -0.3 is 9.84 Å². The van der Waals surface area contributed by atoms with Gasteiger partial charge in [-0.3, -0.25) is 14.5 Å². The highest BCUT2D eigenvalue weighted by atomic mass is 16.5. The van der Waals surface area contributed by atoms with Gasteiger partial charge in [0.2, 0.25) is 0 Å². The van der Waals surface area contributed by atoms with Gasteiger partial charge in [0.25, 0.3) is 11.6 Å². The third-order valence-corrected chi connectivity index (χ3v) is 3.92. The highest BCUT2D eigenvalue weighted by Gasteiger charge is 2.18. The van der Waals surface area contributed by atoms with Crippen LogP contribution in [0, 0.1) is 13.8 Å². The summed E-state index contributed by atoms with van der Waals surface area (Å²) in [7, 11) is 0. The van der Waals surface area contributed by atoms with Crippen LogP contribution in [0.15, 0.2) is 47.2 Å². The number of rotatable bonds is 4. The van der Waals surface area contributed by atoms with Crippen molar-refractivity contribution in [1.82, 2.24) is 24.9 Å². The number of nitrogens with zero attached hydrogens (tertiary/aromatic N) is 5. The van der Waals surface area contributed by atoms with Gasteiger partial charge >= 0.3 is 0 Å². The van der Waals surface area contributed by atoms with E-state index in [2.05, 4.69) is 25.5 Å². The first-order chi connectivity index (χ1) is 12.6. The number of pyridine rings is 2. The molecule has 0 bridgehead atoms. The molecule has 8 nitrogen and oxygen atoms in total. The van der Waals surface area contributed by atoms with E-state index in [4.69, 9.17) is 4.52 Å². The summed E-state index contributed by atoms with van der Waals surface area (Å²) in [6.07, 6.45) is 3.53. The van der Waals surface area contributed by atoms with Crippen molar-refractivity contribution in [3.8, 4) is 0 Å². The molecule has 4 aromatic heterocycles. The average molecular weight is 348 g/mol. The predicted molar refractivity (Wildman–Crippen MR) is 94.8 cm³/mol. The molecule has 0 spiro atoms. The topological polar surface area (TPSA) is 98.7 Å². The Balaban J connectivity index is 1.57. The minimum Gasteiger partial charge on any atom is -0.336 e. The molecule has 0 saturated carbocycles. The van der Waals surface area contributed by atoms with E-state index in [0.29, 0.717) is 40.4 Å². The number of amides is 1. The summed E-state index contributed by atoms with van der Waals surface area (Å²) in [5.74, 6) is 0.178. The Kier molecular flexibility index (Phi) is 3.92. The summed E-state index contributed by atoms with van der Waals surface area (Å²) in [5.41, 5.74) is 3.01. The molecule has 26 heavy (non-hydrogen) atoms. The number of nitrogens with one attached hydrogen (secondary N) is 1. The fourth-order valence-electron chi connectivity index (χ4n) is 2.75. The molecule has 0 aromatic carbocycles. The first kappa shape index (κ1) is 15.9. The van der Waals surface area contributed by atoms with Crippen LogP contribution in [0.3, 0.4) is 0 Å². The van der Waals surface area contributed by atoms with Gasteiger partial charge in [-0.05, 0) is 32.0 Å². The average Bonchev–Trinajstić information content (AvgIpc) is 3.22. The molecule has 4 rings (SSSR count). The standard InChI is InChI=1S/C18H16N6O2/c1-11-9-14(16-12(2)23-26-18(16)20-11)17(25)21-15-6-8-24(22-15)10-13-5-3-4-7-19-13/h3-9H,10H2,1-2H3,(H,21,22,25). The van der Waals surface area contributed by atoms with Gasteiger partial charge in [-0.15, -0.1) is 0 Å². The van der Waals surface area contributed by atoms with Crippen LogP contribution in [-0.2, 0) is 6.54 Å². The van der Waals surface area contributed by atoms with Gasteiger partial charge in [0.1, 0.15) is 0 Å². The van der Waals surface area contributed by atoms with Crippen LogP contribution in [0.2, 0.25) is 0 Å². The molecule has 4 aromatic rings. The van der Waals surface area contributed by atoms with Crippen molar-refractivity contribution in [2.75, 3.05) is 5.32 Å². The van der Waals surface area contributed by atoms with Gasteiger partial charge in [0, 0.05) is 24.2 Å². The summed E-state index contributed by atoms with van der Waals surface area (Å²) < 4.78 is 6.89. The summed E-state index contributed by atoms with van der Waals surface area (Å²) in [6.45, 7) is 4.11. The van der Waals surface area contributed by atoms with Crippen LogP contribution in [0.5, 0.6) is 0 Å². The molecule has 0 aliphatic rings. The second kappa shape index (κ2) is 6.40. The molecule has 0 fully saturated rings. The summed E-state index contributed by atoms with van der Waals surface area (Å²) >= 11 is 0. The van der Waals surface area contributed by atoms with E-state index in [-0.39, 0.29) is 5.91 Å². The lowest BCUT2D eigenvalue weighted by atomic mass is 10.1. The molecule has 0 atom stereocenters. The molecule has 8 heteroatoms.